The molecule has 22 heavy (non-hydrogen) atoms. The van der Waals surface area contributed by atoms with Crippen LogP contribution in [0.15, 0.2) is 35.7 Å². The molecular formula is C14H7ClFIN2OS2. The van der Waals surface area contributed by atoms with Gasteiger partial charge in [-0.3, -0.25) is 10.1 Å². The number of carbonyl (C=O) groups is 1. The standard InChI is InChI=1S/C14H7ClFIN2OS2/c15-12-4-3-11(22-12)10-6-21-14(18-10)19-13(20)8-2-1-7(16)5-9(8)17/h1-6H,(H,18,19,20). The van der Waals surface area contributed by atoms with Gasteiger partial charge in [0.25, 0.3) is 5.91 Å². The number of hydrogen-bond acceptors (Lipinski definition) is 4. The first-order valence-corrected chi connectivity index (χ1v) is 9.16. The van der Waals surface area contributed by atoms with Crippen molar-refractivity contribution in [2.75, 3.05) is 5.32 Å². The van der Waals surface area contributed by atoms with Crippen LogP contribution in [-0.4, -0.2) is 10.9 Å². The molecule has 0 bridgehead atoms. The molecule has 3 aromatic rings. The van der Waals surface area contributed by atoms with E-state index in [-0.39, 0.29) is 11.7 Å². The molecule has 2 heterocycles. The molecule has 3 nitrogen and oxygen atoms in total. The third-order valence-corrected chi connectivity index (χ3v) is 5.63. The van der Waals surface area contributed by atoms with Crippen LogP contribution in [0.1, 0.15) is 10.4 Å². The molecule has 0 atom stereocenters. The van der Waals surface area contributed by atoms with Gasteiger partial charge in [-0.05, 0) is 52.9 Å². The number of nitrogens with zero attached hydrogens (tertiary/aromatic N) is 1. The van der Waals surface area contributed by atoms with Gasteiger partial charge in [-0.1, -0.05) is 11.6 Å². The van der Waals surface area contributed by atoms with Crippen LogP contribution in [0.25, 0.3) is 10.6 Å². The Balaban J connectivity index is 1.79. The van der Waals surface area contributed by atoms with Crippen molar-refractivity contribution < 1.29 is 9.18 Å². The van der Waals surface area contributed by atoms with Gasteiger partial charge in [0, 0.05) is 8.95 Å². The van der Waals surface area contributed by atoms with E-state index in [1.165, 1.54) is 40.9 Å². The lowest BCUT2D eigenvalue weighted by atomic mass is 10.2. The Kier molecular flexibility index (Phi) is 4.76. The van der Waals surface area contributed by atoms with E-state index in [4.69, 9.17) is 11.6 Å². The predicted octanol–water partition coefficient (Wildman–Crippen LogP) is 5.52. The van der Waals surface area contributed by atoms with Crippen molar-refractivity contribution in [1.82, 2.24) is 4.98 Å². The first-order valence-electron chi connectivity index (χ1n) is 6.00. The molecule has 0 aliphatic heterocycles. The molecule has 0 fully saturated rings. The van der Waals surface area contributed by atoms with Gasteiger partial charge in [-0.2, -0.15) is 0 Å². The molecule has 0 saturated carbocycles. The van der Waals surface area contributed by atoms with Gasteiger partial charge in [0.15, 0.2) is 5.13 Å². The highest BCUT2D eigenvalue weighted by molar-refractivity contribution is 14.1. The Morgan fingerprint density at radius 1 is 1.32 bits per heavy atom. The number of aromatic nitrogens is 1. The van der Waals surface area contributed by atoms with E-state index in [1.807, 2.05) is 34.0 Å². The molecule has 1 N–H and O–H groups in total. The highest BCUT2D eigenvalue weighted by Crippen LogP contribution is 2.33. The fourth-order valence-electron chi connectivity index (χ4n) is 1.73. The number of anilines is 1. The number of hydrogen-bond donors (Lipinski definition) is 1. The van der Waals surface area contributed by atoms with Crippen LogP contribution < -0.4 is 5.32 Å². The fourth-order valence-corrected chi connectivity index (χ4v) is 4.24. The molecule has 0 saturated heterocycles. The Labute approximate surface area is 152 Å². The van der Waals surface area contributed by atoms with Crippen LogP contribution in [0.2, 0.25) is 4.34 Å². The van der Waals surface area contributed by atoms with Crippen molar-refractivity contribution in [1.29, 1.82) is 0 Å². The first-order chi connectivity index (χ1) is 10.5. The molecule has 0 aliphatic carbocycles. The van der Waals surface area contributed by atoms with Crippen LogP contribution in [0.4, 0.5) is 9.52 Å². The van der Waals surface area contributed by atoms with Gasteiger partial charge in [-0.15, -0.1) is 22.7 Å². The topological polar surface area (TPSA) is 42.0 Å². The summed E-state index contributed by atoms with van der Waals surface area (Å²) >= 11 is 10.6. The number of amides is 1. The van der Waals surface area contributed by atoms with E-state index < -0.39 is 0 Å². The van der Waals surface area contributed by atoms with E-state index in [2.05, 4.69) is 10.3 Å². The van der Waals surface area contributed by atoms with Crippen molar-refractivity contribution >= 4 is 67.9 Å². The maximum atomic E-state index is 13.1. The summed E-state index contributed by atoms with van der Waals surface area (Å²) in [6.45, 7) is 0. The third kappa shape index (κ3) is 3.48. The molecule has 0 aliphatic rings. The van der Waals surface area contributed by atoms with E-state index in [9.17, 15) is 9.18 Å². The number of halogens is 3. The predicted molar refractivity (Wildman–Crippen MR) is 97.5 cm³/mol. The van der Waals surface area contributed by atoms with Crippen molar-refractivity contribution in [3.8, 4) is 10.6 Å². The van der Waals surface area contributed by atoms with Crippen LogP contribution in [-0.2, 0) is 0 Å². The van der Waals surface area contributed by atoms with Crippen LogP contribution >= 0.6 is 56.9 Å². The number of rotatable bonds is 3. The quantitative estimate of drug-likeness (QED) is 0.519. The zero-order valence-corrected chi connectivity index (χ0v) is 15.3. The molecule has 1 amide bonds. The summed E-state index contributed by atoms with van der Waals surface area (Å²) in [5, 5.41) is 5.07. The summed E-state index contributed by atoms with van der Waals surface area (Å²) in [7, 11) is 0. The third-order valence-electron chi connectivity index (χ3n) is 2.73. The molecule has 0 radical (unpaired) electrons. The minimum Gasteiger partial charge on any atom is -0.298 e. The van der Waals surface area contributed by atoms with Crippen molar-refractivity contribution in [2.45, 2.75) is 0 Å². The molecule has 0 unspecified atom stereocenters. The Bertz CT molecular complexity index is 849. The van der Waals surface area contributed by atoms with Gasteiger partial charge in [0.05, 0.1) is 20.5 Å². The second-order valence-corrected chi connectivity index (χ2v) is 7.96. The second-order valence-electron chi connectivity index (χ2n) is 4.22. The van der Waals surface area contributed by atoms with Crippen molar-refractivity contribution in [3.63, 3.8) is 0 Å². The summed E-state index contributed by atoms with van der Waals surface area (Å²) in [6, 6.07) is 7.73. The number of benzene rings is 1. The minimum absolute atomic E-state index is 0.311. The number of thiazole rings is 1. The number of thiophene rings is 1. The van der Waals surface area contributed by atoms with Crippen LogP contribution in [0, 0.1) is 9.39 Å². The van der Waals surface area contributed by atoms with Gasteiger partial charge < -0.3 is 0 Å². The lowest BCUT2D eigenvalue weighted by Crippen LogP contribution is -2.13. The summed E-state index contributed by atoms with van der Waals surface area (Å²) in [4.78, 5) is 17.5. The largest absolute Gasteiger partial charge is 0.298 e. The molecule has 8 heteroatoms. The van der Waals surface area contributed by atoms with Gasteiger partial charge in [-0.25, -0.2) is 9.37 Å². The molecule has 112 valence electrons. The fraction of sp³-hybridized carbons (Fsp3) is 0. The van der Waals surface area contributed by atoms with Crippen molar-refractivity contribution in [3.05, 3.63) is 55.0 Å². The van der Waals surface area contributed by atoms with Gasteiger partial charge in [0.1, 0.15) is 5.82 Å². The second kappa shape index (κ2) is 6.61. The highest BCUT2D eigenvalue weighted by Gasteiger charge is 2.14. The van der Waals surface area contributed by atoms with E-state index >= 15 is 0 Å². The minimum atomic E-state index is -0.368. The van der Waals surface area contributed by atoms with E-state index in [1.54, 1.807) is 6.07 Å². The Morgan fingerprint density at radius 3 is 2.82 bits per heavy atom. The summed E-state index contributed by atoms with van der Waals surface area (Å²) < 4.78 is 14.3. The van der Waals surface area contributed by atoms with Crippen LogP contribution in [0.5, 0.6) is 0 Å². The average molecular weight is 465 g/mol. The highest BCUT2D eigenvalue weighted by atomic mass is 127. The summed E-state index contributed by atoms with van der Waals surface area (Å²) in [6.07, 6.45) is 0. The molecule has 2 aromatic heterocycles. The van der Waals surface area contributed by atoms with Crippen LogP contribution in [0.3, 0.4) is 0 Å². The maximum Gasteiger partial charge on any atom is 0.258 e. The Hall–Kier alpha value is -1.03. The molecule has 3 rings (SSSR count). The number of nitrogens with one attached hydrogen (secondary N) is 1. The lowest BCUT2D eigenvalue weighted by Gasteiger charge is -2.04. The lowest BCUT2D eigenvalue weighted by molar-refractivity contribution is 0.102. The normalized spacial score (nSPS) is 10.7. The zero-order valence-electron chi connectivity index (χ0n) is 10.8. The average Bonchev–Trinajstić information content (AvgIpc) is 3.07. The zero-order chi connectivity index (χ0) is 15.7. The molecule has 0 spiro atoms. The van der Waals surface area contributed by atoms with E-state index in [0.29, 0.717) is 18.6 Å². The molecular weight excluding hydrogens is 458 g/mol. The molecule has 1 aromatic carbocycles. The smallest absolute Gasteiger partial charge is 0.258 e. The summed E-state index contributed by atoms with van der Waals surface area (Å²) in [5.74, 6) is -0.679. The van der Waals surface area contributed by atoms with Gasteiger partial charge in [0.2, 0.25) is 0 Å². The first kappa shape index (κ1) is 15.9. The summed E-state index contributed by atoms with van der Waals surface area (Å²) in [5.41, 5.74) is 1.18. The SMILES string of the molecule is O=C(Nc1nc(-c2ccc(Cl)s2)cs1)c1ccc(F)cc1I. The van der Waals surface area contributed by atoms with Gasteiger partial charge >= 0.3 is 0 Å². The Morgan fingerprint density at radius 2 is 2.14 bits per heavy atom. The van der Waals surface area contributed by atoms with E-state index in [0.717, 1.165) is 10.6 Å². The van der Waals surface area contributed by atoms with Crippen molar-refractivity contribution in [2.24, 2.45) is 0 Å². The number of carbonyl (C=O) groups excluding carboxylic acids is 1. The monoisotopic (exact) mass is 464 g/mol. The maximum absolute atomic E-state index is 13.1.